The summed E-state index contributed by atoms with van der Waals surface area (Å²) in [5.74, 6) is -0.831. The van der Waals surface area contributed by atoms with Gasteiger partial charge >= 0.3 is 5.97 Å². The number of anilines is 1. The molecule has 0 aliphatic rings. The summed E-state index contributed by atoms with van der Waals surface area (Å²) in [5.41, 5.74) is 0.753. The van der Waals surface area contributed by atoms with E-state index in [2.05, 4.69) is 0 Å². The second-order valence-corrected chi connectivity index (χ2v) is 4.96. The van der Waals surface area contributed by atoms with E-state index in [1.54, 1.807) is 18.2 Å². The fourth-order valence-electron chi connectivity index (χ4n) is 1.94. The van der Waals surface area contributed by atoms with Gasteiger partial charge in [-0.05, 0) is 31.0 Å². The predicted octanol–water partition coefficient (Wildman–Crippen LogP) is 4.07. The van der Waals surface area contributed by atoms with Crippen molar-refractivity contribution in [2.75, 3.05) is 11.4 Å². The molecule has 0 bridgehead atoms. The van der Waals surface area contributed by atoms with Crippen LogP contribution < -0.4 is 4.90 Å². The van der Waals surface area contributed by atoms with E-state index in [4.69, 9.17) is 23.2 Å². The maximum absolute atomic E-state index is 11.3. The first-order chi connectivity index (χ1) is 8.49. The lowest BCUT2D eigenvalue weighted by molar-refractivity contribution is -0.138. The number of carboxylic acid groups (broad SMARTS) is 1. The zero-order valence-corrected chi connectivity index (χ0v) is 12.0. The van der Waals surface area contributed by atoms with E-state index in [1.165, 1.54) is 0 Å². The molecule has 18 heavy (non-hydrogen) atoms. The van der Waals surface area contributed by atoms with Crippen LogP contribution in [-0.4, -0.2) is 23.7 Å². The summed E-state index contributed by atoms with van der Waals surface area (Å²) in [6.07, 6.45) is 1.38. The summed E-state index contributed by atoms with van der Waals surface area (Å²) in [7, 11) is 0. The average molecular weight is 290 g/mol. The van der Waals surface area contributed by atoms with Gasteiger partial charge in [0, 0.05) is 22.3 Å². The SMILES string of the molecule is CCCN(c1cc(Cl)cc(Cl)c1)C(CC)C(=O)O. The number of hydrogen-bond donors (Lipinski definition) is 1. The topological polar surface area (TPSA) is 40.5 Å². The minimum atomic E-state index is -0.831. The molecular weight excluding hydrogens is 273 g/mol. The third-order valence-electron chi connectivity index (χ3n) is 2.69. The van der Waals surface area contributed by atoms with Gasteiger partial charge in [0.25, 0.3) is 0 Å². The first-order valence-electron chi connectivity index (χ1n) is 5.95. The van der Waals surface area contributed by atoms with E-state index in [0.29, 0.717) is 23.0 Å². The highest BCUT2D eigenvalue weighted by atomic mass is 35.5. The summed E-state index contributed by atoms with van der Waals surface area (Å²) in [6, 6.07) is 4.57. The van der Waals surface area contributed by atoms with Gasteiger partial charge < -0.3 is 10.0 Å². The summed E-state index contributed by atoms with van der Waals surface area (Å²) in [6.45, 7) is 4.52. The molecule has 0 saturated heterocycles. The molecule has 0 aromatic heterocycles. The zero-order valence-electron chi connectivity index (χ0n) is 10.5. The third kappa shape index (κ3) is 3.79. The van der Waals surface area contributed by atoms with Crippen molar-refractivity contribution in [3.8, 4) is 0 Å². The van der Waals surface area contributed by atoms with Crippen molar-refractivity contribution in [3.05, 3.63) is 28.2 Å². The number of carbonyl (C=O) groups is 1. The van der Waals surface area contributed by atoms with Crippen LogP contribution in [0.4, 0.5) is 5.69 Å². The highest BCUT2D eigenvalue weighted by molar-refractivity contribution is 6.35. The van der Waals surface area contributed by atoms with Crippen LogP contribution in [0.2, 0.25) is 10.0 Å². The first-order valence-corrected chi connectivity index (χ1v) is 6.70. The lowest BCUT2D eigenvalue weighted by atomic mass is 10.1. The monoisotopic (exact) mass is 289 g/mol. The maximum atomic E-state index is 11.3. The molecule has 0 heterocycles. The number of aliphatic carboxylic acids is 1. The Labute approximate surface area is 117 Å². The van der Waals surface area contributed by atoms with Crippen LogP contribution in [0.1, 0.15) is 26.7 Å². The van der Waals surface area contributed by atoms with Crippen LogP contribution in [0, 0.1) is 0 Å². The van der Waals surface area contributed by atoms with Crippen molar-refractivity contribution in [2.24, 2.45) is 0 Å². The Morgan fingerprint density at radius 2 is 1.83 bits per heavy atom. The van der Waals surface area contributed by atoms with Crippen LogP contribution in [-0.2, 0) is 4.79 Å². The Morgan fingerprint density at radius 1 is 1.28 bits per heavy atom. The molecule has 0 spiro atoms. The highest BCUT2D eigenvalue weighted by Crippen LogP contribution is 2.27. The molecule has 5 heteroatoms. The van der Waals surface area contributed by atoms with Crippen molar-refractivity contribution in [1.29, 1.82) is 0 Å². The van der Waals surface area contributed by atoms with Gasteiger partial charge in [0.05, 0.1) is 0 Å². The minimum absolute atomic E-state index is 0.513. The van der Waals surface area contributed by atoms with Gasteiger partial charge in [0.1, 0.15) is 6.04 Å². The summed E-state index contributed by atoms with van der Waals surface area (Å²) in [5, 5.41) is 10.3. The molecule has 1 rings (SSSR count). The van der Waals surface area contributed by atoms with Gasteiger partial charge in [-0.3, -0.25) is 0 Å². The molecule has 1 unspecified atom stereocenters. The number of rotatable bonds is 6. The van der Waals surface area contributed by atoms with Crippen molar-refractivity contribution in [3.63, 3.8) is 0 Å². The summed E-state index contributed by atoms with van der Waals surface area (Å²) >= 11 is 11.9. The Hall–Kier alpha value is -0.930. The smallest absolute Gasteiger partial charge is 0.326 e. The highest BCUT2D eigenvalue weighted by Gasteiger charge is 2.23. The van der Waals surface area contributed by atoms with Gasteiger partial charge in [0.2, 0.25) is 0 Å². The van der Waals surface area contributed by atoms with Crippen molar-refractivity contribution < 1.29 is 9.90 Å². The molecule has 3 nitrogen and oxygen atoms in total. The maximum Gasteiger partial charge on any atom is 0.326 e. The zero-order chi connectivity index (χ0) is 13.7. The Morgan fingerprint density at radius 3 is 2.22 bits per heavy atom. The molecule has 0 saturated carbocycles. The molecule has 100 valence electrons. The normalized spacial score (nSPS) is 12.2. The molecule has 0 amide bonds. The molecule has 0 aliphatic heterocycles. The minimum Gasteiger partial charge on any atom is -0.480 e. The molecule has 1 aromatic carbocycles. The molecule has 0 fully saturated rings. The lowest BCUT2D eigenvalue weighted by Gasteiger charge is -2.30. The number of carboxylic acids is 1. The van der Waals surface area contributed by atoms with E-state index in [9.17, 15) is 9.90 Å². The molecule has 0 radical (unpaired) electrons. The van der Waals surface area contributed by atoms with Crippen LogP contribution in [0.5, 0.6) is 0 Å². The largest absolute Gasteiger partial charge is 0.480 e. The second kappa shape index (κ2) is 6.86. The molecule has 1 atom stereocenters. The standard InChI is InChI=1S/C13H17Cl2NO2/c1-3-5-16(12(4-2)13(17)18)11-7-9(14)6-10(15)8-11/h6-8,12H,3-5H2,1-2H3,(H,17,18). The second-order valence-electron chi connectivity index (χ2n) is 4.08. The van der Waals surface area contributed by atoms with Gasteiger partial charge in [0.15, 0.2) is 0 Å². The Balaban J connectivity index is 3.13. The molecular formula is C13H17Cl2NO2. The lowest BCUT2D eigenvalue weighted by Crippen LogP contribution is -2.41. The fraction of sp³-hybridized carbons (Fsp3) is 0.462. The van der Waals surface area contributed by atoms with Crippen molar-refractivity contribution >= 4 is 34.9 Å². The van der Waals surface area contributed by atoms with E-state index in [0.717, 1.165) is 12.1 Å². The molecule has 1 N–H and O–H groups in total. The van der Waals surface area contributed by atoms with E-state index < -0.39 is 12.0 Å². The average Bonchev–Trinajstić information content (AvgIpc) is 2.27. The Bertz CT molecular complexity index is 403. The van der Waals surface area contributed by atoms with E-state index in [-0.39, 0.29) is 0 Å². The Kier molecular flexibility index (Phi) is 5.76. The van der Waals surface area contributed by atoms with Crippen molar-refractivity contribution in [1.82, 2.24) is 0 Å². The number of nitrogens with zero attached hydrogens (tertiary/aromatic N) is 1. The van der Waals surface area contributed by atoms with Crippen LogP contribution >= 0.6 is 23.2 Å². The number of halogens is 2. The van der Waals surface area contributed by atoms with Gasteiger partial charge in [-0.2, -0.15) is 0 Å². The van der Waals surface area contributed by atoms with Crippen LogP contribution in [0.3, 0.4) is 0 Å². The van der Waals surface area contributed by atoms with Crippen molar-refractivity contribution in [2.45, 2.75) is 32.7 Å². The summed E-state index contributed by atoms with van der Waals surface area (Å²) in [4.78, 5) is 13.1. The number of benzene rings is 1. The van der Waals surface area contributed by atoms with E-state index in [1.807, 2.05) is 18.7 Å². The predicted molar refractivity (Wildman–Crippen MR) is 75.8 cm³/mol. The number of hydrogen-bond acceptors (Lipinski definition) is 2. The summed E-state index contributed by atoms with van der Waals surface area (Å²) < 4.78 is 0. The quantitative estimate of drug-likeness (QED) is 0.858. The fourth-order valence-corrected chi connectivity index (χ4v) is 2.45. The van der Waals surface area contributed by atoms with E-state index >= 15 is 0 Å². The van der Waals surface area contributed by atoms with Crippen LogP contribution in [0.15, 0.2) is 18.2 Å². The molecule has 0 aliphatic carbocycles. The third-order valence-corrected chi connectivity index (χ3v) is 3.13. The first kappa shape index (κ1) is 15.1. The molecule has 1 aromatic rings. The van der Waals surface area contributed by atoms with Gasteiger partial charge in [-0.1, -0.05) is 37.0 Å². The van der Waals surface area contributed by atoms with Crippen LogP contribution in [0.25, 0.3) is 0 Å². The van der Waals surface area contributed by atoms with Gasteiger partial charge in [-0.15, -0.1) is 0 Å². The van der Waals surface area contributed by atoms with Gasteiger partial charge in [-0.25, -0.2) is 4.79 Å².